The maximum atomic E-state index is 9.87. The Bertz CT molecular complexity index is 487. The number of rotatable bonds is 13. The average Bonchev–Trinajstić information content (AvgIpc) is 2.90. The molecule has 0 bridgehead atoms. The van der Waals surface area contributed by atoms with E-state index in [1.807, 2.05) is 6.20 Å². The van der Waals surface area contributed by atoms with Crippen LogP contribution in [0.1, 0.15) is 89.8 Å². The molecule has 1 rings (SSSR count). The normalized spacial score (nSPS) is 14.2. The summed E-state index contributed by atoms with van der Waals surface area (Å²) < 4.78 is 61.5. The molecule has 0 aliphatic heterocycles. The molecule has 9 heteroatoms. The van der Waals surface area contributed by atoms with Crippen molar-refractivity contribution in [3.05, 3.63) is 18.2 Å². The zero-order valence-corrected chi connectivity index (χ0v) is 17.4. The van der Waals surface area contributed by atoms with Crippen molar-refractivity contribution in [2.45, 2.75) is 97.4 Å². The van der Waals surface area contributed by atoms with E-state index in [1.54, 1.807) is 0 Å². The number of H-pyrrole nitrogens is 1. The summed E-state index contributed by atoms with van der Waals surface area (Å²) in [6.07, 6.45) is 21.3. The van der Waals surface area contributed by atoms with E-state index >= 15 is 0 Å². The van der Waals surface area contributed by atoms with Gasteiger partial charge in [-0.3, -0.25) is 0 Å². The Labute approximate surface area is 159 Å². The summed E-state index contributed by atoms with van der Waals surface area (Å²) in [4.78, 5) is 3.22. The molecular formula is C18H35F6N2P. The number of hydrogen-bond acceptors (Lipinski definition) is 0. The molecule has 1 aromatic rings. The third-order valence-corrected chi connectivity index (χ3v) is 4.23. The van der Waals surface area contributed by atoms with Crippen LogP contribution in [0.5, 0.6) is 0 Å². The Morgan fingerprint density at radius 3 is 1.44 bits per heavy atom. The molecule has 0 spiro atoms. The van der Waals surface area contributed by atoms with E-state index in [-0.39, 0.29) is 0 Å². The van der Waals surface area contributed by atoms with Crippen molar-refractivity contribution in [1.29, 1.82) is 0 Å². The molecule has 1 N–H and O–H groups in total. The van der Waals surface area contributed by atoms with Gasteiger partial charge in [-0.05, 0) is 12.8 Å². The predicted octanol–water partition coefficient (Wildman–Crippen LogP) is 8.69. The van der Waals surface area contributed by atoms with Crippen molar-refractivity contribution in [3.63, 3.8) is 0 Å². The summed E-state index contributed by atoms with van der Waals surface area (Å²) in [5.74, 6) is 1.27. The Hall–Kier alpha value is -0.780. The summed E-state index contributed by atoms with van der Waals surface area (Å²) in [5.41, 5.74) is 0. The van der Waals surface area contributed by atoms with E-state index in [2.05, 4.69) is 29.6 Å². The van der Waals surface area contributed by atoms with Gasteiger partial charge in [-0.2, -0.15) is 0 Å². The third kappa shape index (κ3) is 25.2. The molecule has 1 heterocycles. The van der Waals surface area contributed by atoms with Gasteiger partial charge in [0.15, 0.2) is 0 Å². The molecule has 1 aromatic heterocycles. The van der Waals surface area contributed by atoms with E-state index in [1.165, 1.54) is 89.4 Å². The van der Waals surface area contributed by atoms with Crippen molar-refractivity contribution >= 4 is 7.81 Å². The second kappa shape index (κ2) is 11.3. The van der Waals surface area contributed by atoms with Crippen LogP contribution in [-0.4, -0.2) is 4.98 Å². The number of nitrogens with zero attached hydrogens (tertiary/aromatic N) is 1. The summed E-state index contributed by atoms with van der Waals surface area (Å²) in [7, 11) is -10.7. The topological polar surface area (TPSA) is 19.7 Å². The summed E-state index contributed by atoms with van der Waals surface area (Å²) in [6.45, 7) is 5.60. The third-order valence-electron chi connectivity index (χ3n) is 4.23. The predicted molar refractivity (Wildman–Crippen MR) is 100 cm³/mol. The van der Waals surface area contributed by atoms with E-state index in [4.69, 9.17) is 0 Å². The fraction of sp³-hybridized carbons (Fsp3) is 0.833. The molecule has 2 nitrogen and oxygen atoms in total. The summed E-state index contributed by atoms with van der Waals surface area (Å²) in [5, 5.41) is 0. The summed E-state index contributed by atoms with van der Waals surface area (Å²) in [6, 6.07) is 0. The quantitative estimate of drug-likeness (QED) is 0.141. The Morgan fingerprint density at radius 2 is 1.11 bits per heavy atom. The van der Waals surface area contributed by atoms with Crippen LogP contribution in [0.2, 0.25) is 0 Å². The standard InChI is InChI=1S/C18H34N2.F6P/c1-3-4-5-6-7-8-9-10-11-12-13-14-16-20-17-15-19-18(20)2;1-7(2,3,4,5)6/h15,17H,3-14,16H2,1-2H3;/q;-1/p+1. The van der Waals surface area contributed by atoms with Crippen molar-refractivity contribution < 1.29 is 29.7 Å². The van der Waals surface area contributed by atoms with Crippen LogP contribution < -0.4 is 4.57 Å². The van der Waals surface area contributed by atoms with Crippen LogP contribution in [0, 0.1) is 6.92 Å². The van der Waals surface area contributed by atoms with Gasteiger partial charge in [0.05, 0.1) is 6.54 Å². The first-order valence-electron chi connectivity index (χ1n) is 9.89. The van der Waals surface area contributed by atoms with Crippen molar-refractivity contribution in [2.75, 3.05) is 0 Å². The van der Waals surface area contributed by atoms with Crippen LogP contribution in [0.4, 0.5) is 25.2 Å². The Kier molecular flexibility index (Phi) is 11.0. The van der Waals surface area contributed by atoms with Gasteiger partial charge in [0.1, 0.15) is 12.4 Å². The number of unbranched alkanes of at least 4 members (excludes halogenated alkanes) is 11. The van der Waals surface area contributed by atoms with Gasteiger partial charge in [-0.15, -0.1) is 0 Å². The van der Waals surface area contributed by atoms with Crippen molar-refractivity contribution in [3.8, 4) is 0 Å². The number of aromatic amines is 1. The fourth-order valence-corrected chi connectivity index (χ4v) is 2.81. The Balaban J connectivity index is 0.000000821. The first-order chi connectivity index (χ1) is 12.3. The first-order valence-corrected chi connectivity index (χ1v) is 11.9. The molecule has 0 aliphatic rings. The molecule has 0 aliphatic carbocycles. The summed E-state index contributed by atoms with van der Waals surface area (Å²) >= 11 is 0. The van der Waals surface area contributed by atoms with Gasteiger partial charge >= 0.3 is 33.0 Å². The van der Waals surface area contributed by atoms with Gasteiger partial charge in [-0.25, -0.2) is 9.55 Å². The number of aryl methyl sites for hydroxylation is 2. The van der Waals surface area contributed by atoms with Gasteiger partial charge < -0.3 is 0 Å². The van der Waals surface area contributed by atoms with Crippen LogP contribution in [0.15, 0.2) is 12.4 Å². The minimum absolute atomic E-state index is 1.17. The van der Waals surface area contributed by atoms with E-state index in [0.29, 0.717) is 0 Å². The second-order valence-electron chi connectivity index (χ2n) is 7.09. The van der Waals surface area contributed by atoms with Gasteiger partial charge in [-0.1, -0.05) is 71.1 Å². The number of halogens is 6. The molecule has 0 saturated heterocycles. The zero-order chi connectivity index (χ0) is 20.9. The van der Waals surface area contributed by atoms with Crippen molar-refractivity contribution in [2.24, 2.45) is 0 Å². The SMILES string of the molecule is CCCCCCCCCCCCCC[n+]1cc[nH]c1C.F[P-](F)(F)(F)(F)F. The molecule has 0 saturated carbocycles. The molecule has 0 unspecified atom stereocenters. The molecule has 0 aromatic carbocycles. The van der Waals surface area contributed by atoms with Crippen LogP contribution in [-0.2, 0) is 6.54 Å². The molecule has 0 fully saturated rings. The van der Waals surface area contributed by atoms with Crippen molar-refractivity contribution in [1.82, 2.24) is 4.98 Å². The van der Waals surface area contributed by atoms with Gasteiger partial charge in [0, 0.05) is 6.92 Å². The first kappa shape index (κ1) is 26.2. The molecule has 0 radical (unpaired) electrons. The average molecular weight is 424 g/mol. The van der Waals surface area contributed by atoms with E-state index in [0.717, 1.165) is 0 Å². The minimum atomic E-state index is -10.7. The molecule has 0 amide bonds. The van der Waals surface area contributed by atoms with Gasteiger partial charge in [0.2, 0.25) is 0 Å². The monoisotopic (exact) mass is 424 g/mol. The Morgan fingerprint density at radius 1 is 0.741 bits per heavy atom. The van der Waals surface area contributed by atoms with E-state index < -0.39 is 7.81 Å². The maximum absolute atomic E-state index is 10.7. The molecule has 164 valence electrons. The van der Waals surface area contributed by atoms with Crippen LogP contribution >= 0.6 is 7.81 Å². The van der Waals surface area contributed by atoms with Gasteiger partial charge in [0.25, 0.3) is 5.82 Å². The second-order valence-corrected chi connectivity index (χ2v) is 9.00. The number of imidazole rings is 1. The fourth-order valence-electron chi connectivity index (χ4n) is 2.81. The van der Waals surface area contributed by atoms with Crippen LogP contribution in [0.25, 0.3) is 0 Å². The zero-order valence-electron chi connectivity index (χ0n) is 16.5. The number of hydrogen-bond donors (Lipinski definition) is 1. The van der Waals surface area contributed by atoms with E-state index in [9.17, 15) is 25.2 Å². The number of nitrogens with one attached hydrogen (secondary N) is 1. The number of aromatic nitrogens is 2. The van der Waals surface area contributed by atoms with Crippen LogP contribution in [0.3, 0.4) is 0 Å². The molecule has 27 heavy (non-hydrogen) atoms. The molecule has 0 atom stereocenters. The molecular weight excluding hydrogens is 389 g/mol.